The van der Waals surface area contributed by atoms with Crippen LogP contribution >= 0.6 is 0 Å². The Bertz CT molecular complexity index is 788. The van der Waals surface area contributed by atoms with Gasteiger partial charge in [0.1, 0.15) is 0 Å². The van der Waals surface area contributed by atoms with Crippen LogP contribution in [0.15, 0.2) is 54.6 Å². The number of carbonyl (C=O) groups excluding carboxylic acids is 3. The number of amides is 2. The highest BCUT2D eigenvalue weighted by Crippen LogP contribution is 2.18. The van der Waals surface area contributed by atoms with E-state index >= 15 is 0 Å². The van der Waals surface area contributed by atoms with Gasteiger partial charge in [-0.05, 0) is 36.2 Å². The molecule has 0 aliphatic heterocycles. The van der Waals surface area contributed by atoms with E-state index in [1.807, 2.05) is 37.3 Å². The molecule has 0 aliphatic carbocycles. The van der Waals surface area contributed by atoms with Gasteiger partial charge in [-0.1, -0.05) is 43.7 Å². The number of ether oxygens (including phenoxy) is 1. The lowest BCUT2D eigenvalue weighted by atomic mass is 10.0. The number of esters is 1. The lowest BCUT2D eigenvalue weighted by molar-refractivity contribution is -0.120. The van der Waals surface area contributed by atoms with E-state index < -0.39 is 6.04 Å². The molecular formula is C22H26N2O4. The van der Waals surface area contributed by atoms with Crippen LogP contribution in [0.1, 0.15) is 55.1 Å². The Labute approximate surface area is 165 Å². The predicted molar refractivity (Wildman–Crippen MR) is 108 cm³/mol. The SMILES string of the molecule is CCCCOC(=O)c1ccc(NC(=O)C[C@@H](NC(C)=O)c2ccccc2)cc1. The standard InChI is InChI=1S/C22H26N2O4/c1-3-4-14-28-22(27)18-10-12-19(13-11-18)24-21(26)15-20(23-16(2)25)17-8-6-5-7-9-17/h5-13,20H,3-4,14-15H2,1-2H3,(H,23,25)(H,24,26)/t20-/m1/s1. The van der Waals surface area contributed by atoms with Gasteiger partial charge in [0.05, 0.1) is 24.6 Å². The fourth-order valence-corrected chi connectivity index (χ4v) is 2.66. The maximum Gasteiger partial charge on any atom is 0.338 e. The zero-order valence-electron chi connectivity index (χ0n) is 16.2. The number of carbonyl (C=O) groups is 3. The van der Waals surface area contributed by atoms with Crippen molar-refractivity contribution in [1.29, 1.82) is 0 Å². The molecule has 0 heterocycles. The van der Waals surface area contributed by atoms with Gasteiger partial charge in [0, 0.05) is 12.6 Å². The normalized spacial score (nSPS) is 11.4. The van der Waals surface area contributed by atoms with Crippen molar-refractivity contribution in [1.82, 2.24) is 5.32 Å². The molecule has 0 aliphatic rings. The van der Waals surface area contributed by atoms with Crippen LogP contribution in [-0.2, 0) is 14.3 Å². The van der Waals surface area contributed by atoms with E-state index in [2.05, 4.69) is 10.6 Å². The third kappa shape index (κ3) is 6.87. The molecule has 2 aromatic carbocycles. The minimum atomic E-state index is -0.411. The second-order valence-electron chi connectivity index (χ2n) is 6.48. The van der Waals surface area contributed by atoms with Crippen LogP contribution in [0.3, 0.4) is 0 Å². The maximum atomic E-state index is 12.4. The van der Waals surface area contributed by atoms with Crippen LogP contribution in [0.25, 0.3) is 0 Å². The van der Waals surface area contributed by atoms with Crippen LogP contribution in [0, 0.1) is 0 Å². The van der Waals surface area contributed by atoms with E-state index in [0.717, 1.165) is 18.4 Å². The smallest absolute Gasteiger partial charge is 0.338 e. The molecule has 0 aromatic heterocycles. The monoisotopic (exact) mass is 382 g/mol. The van der Waals surface area contributed by atoms with Crippen molar-refractivity contribution >= 4 is 23.5 Å². The van der Waals surface area contributed by atoms with Gasteiger partial charge in [-0.25, -0.2) is 4.79 Å². The van der Waals surface area contributed by atoms with Gasteiger partial charge in [-0.3, -0.25) is 9.59 Å². The zero-order chi connectivity index (χ0) is 20.4. The lowest BCUT2D eigenvalue weighted by Crippen LogP contribution is -2.29. The Hall–Kier alpha value is -3.15. The van der Waals surface area contributed by atoms with Crippen LogP contribution < -0.4 is 10.6 Å². The molecule has 28 heavy (non-hydrogen) atoms. The number of unbranched alkanes of at least 4 members (excludes halogenated alkanes) is 1. The van der Waals surface area contributed by atoms with Crippen molar-refractivity contribution in [2.24, 2.45) is 0 Å². The van der Waals surface area contributed by atoms with Crippen molar-refractivity contribution in [3.8, 4) is 0 Å². The first kappa shape index (κ1) is 21.2. The average Bonchev–Trinajstić information content (AvgIpc) is 2.68. The summed E-state index contributed by atoms with van der Waals surface area (Å²) in [7, 11) is 0. The third-order valence-corrected chi connectivity index (χ3v) is 4.10. The predicted octanol–water partition coefficient (Wildman–Crippen LogP) is 3.85. The van der Waals surface area contributed by atoms with E-state index in [-0.39, 0.29) is 24.2 Å². The van der Waals surface area contributed by atoms with Gasteiger partial charge in [-0.15, -0.1) is 0 Å². The fraction of sp³-hybridized carbons (Fsp3) is 0.318. The minimum Gasteiger partial charge on any atom is -0.462 e. The quantitative estimate of drug-likeness (QED) is 0.510. The zero-order valence-corrected chi connectivity index (χ0v) is 16.2. The largest absolute Gasteiger partial charge is 0.462 e. The van der Waals surface area contributed by atoms with Crippen molar-refractivity contribution < 1.29 is 19.1 Å². The van der Waals surface area contributed by atoms with E-state index in [1.165, 1.54) is 6.92 Å². The Balaban J connectivity index is 1.95. The molecule has 1 atom stereocenters. The lowest BCUT2D eigenvalue weighted by Gasteiger charge is -2.18. The Kier molecular flexibility index (Phi) is 8.21. The first-order chi connectivity index (χ1) is 13.5. The van der Waals surface area contributed by atoms with Gasteiger partial charge in [0.2, 0.25) is 11.8 Å². The summed E-state index contributed by atoms with van der Waals surface area (Å²) >= 11 is 0. The van der Waals surface area contributed by atoms with Crippen molar-refractivity contribution in [3.05, 3.63) is 65.7 Å². The number of nitrogens with one attached hydrogen (secondary N) is 2. The number of rotatable bonds is 9. The molecule has 0 saturated carbocycles. The summed E-state index contributed by atoms with van der Waals surface area (Å²) in [6.07, 6.45) is 1.89. The average molecular weight is 382 g/mol. The molecule has 6 heteroatoms. The highest BCUT2D eigenvalue weighted by Gasteiger charge is 2.17. The molecule has 2 rings (SSSR count). The number of hydrogen-bond acceptors (Lipinski definition) is 4. The van der Waals surface area contributed by atoms with E-state index in [9.17, 15) is 14.4 Å². The van der Waals surface area contributed by atoms with Crippen LogP contribution in [0.2, 0.25) is 0 Å². The van der Waals surface area contributed by atoms with Gasteiger partial charge < -0.3 is 15.4 Å². The number of anilines is 1. The first-order valence-corrected chi connectivity index (χ1v) is 9.38. The number of benzene rings is 2. The van der Waals surface area contributed by atoms with E-state index in [1.54, 1.807) is 24.3 Å². The first-order valence-electron chi connectivity index (χ1n) is 9.38. The maximum absolute atomic E-state index is 12.4. The molecule has 0 spiro atoms. The van der Waals surface area contributed by atoms with Gasteiger partial charge in [-0.2, -0.15) is 0 Å². The Morgan fingerprint density at radius 2 is 1.68 bits per heavy atom. The van der Waals surface area contributed by atoms with E-state index in [0.29, 0.717) is 17.9 Å². The highest BCUT2D eigenvalue weighted by molar-refractivity contribution is 5.93. The van der Waals surface area contributed by atoms with Crippen LogP contribution in [0.4, 0.5) is 5.69 Å². The molecule has 0 bridgehead atoms. The summed E-state index contributed by atoms with van der Waals surface area (Å²) in [5.41, 5.74) is 1.87. The summed E-state index contributed by atoms with van der Waals surface area (Å²) in [5.74, 6) is -0.811. The molecule has 0 unspecified atom stereocenters. The van der Waals surface area contributed by atoms with Crippen molar-refractivity contribution in [2.45, 2.75) is 39.2 Å². The molecule has 0 radical (unpaired) electrons. The third-order valence-electron chi connectivity index (χ3n) is 4.10. The van der Waals surface area contributed by atoms with Crippen molar-refractivity contribution in [2.75, 3.05) is 11.9 Å². The summed E-state index contributed by atoms with van der Waals surface area (Å²) < 4.78 is 5.16. The molecule has 0 fully saturated rings. The van der Waals surface area contributed by atoms with Crippen LogP contribution in [0.5, 0.6) is 0 Å². The summed E-state index contributed by atoms with van der Waals surface area (Å²) in [4.78, 5) is 35.8. The van der Waals surface area contributed by atoms with Gasteiger partial charge in [0.15, 0.2) is 0 Å². The second kappa shape index (κ2) is 10.9. The van der Waals surface area contributed by atoms with Crippen LogP contribution in [-0.4, -0.2) is 24.4 Å². The van der Waals surface area contributed by atoms with Gasteiger partial charge >= 0.3 is 5.97 Å². The molecular weight excluding hydrogens is 356 g/mol. The minimum absolute atomic E-state index is 0.102. The molecule has 2 aromatic rings. The highest BCUT2D eigenvalue weighted by atomic mass is 16.5. The summed E-state index contributed by atoms with van der Waals surface area (Å²) in [6, 6.07) is 15.5. The molecule has 6 nitrogen and oxygen atoms in total. The second-order valence-corrected chi connectivity index (χ2v) is 6.48. The molecule has 0 saturated heterocycles. The fourth-order valence-electron chi connectivity index (χ4n) is 2.66. The number of hydrogen-bond donors (Lipinski definition) is 2. The topological polar surface area (TPSA) is 84.5 Å². The van der Waals surface area contributed by atoms with Crippen molar-refractivity contribution in [3.63, 3.8) is 0 Å². The van der Waals surface area contributed by atoms with E-state index in [4.69, 9.17) is 4.74 Å². The molecule has 2 amide bonds. The summed E-state index contributed by atoms with van der Waals surface area (Å²) in [6.45, 7) is 3.85. The molecule has 148 valence electrons. The van der Waals surface area contributed by atoms with Gasteiger partial charge in [0.25, 0.3) is 0 Å². The Morgan fingerprint density at radius 3 is 2.29 bits per heavy atom. The Morgan fingerprint density at radius 1 is 1.00 bits per heavy atom. The molecule has 2 N–H and O–H groups in total. The summed E-state index contributed by atoms with van der Waals surface area (Å²) in [5, 5.41) is 5.59.